The van der Waals surface area contributed by atoms with Gasteiger partial charge in [0.05, 0.1) is 26.9 Å². The Kier molecular flexibility index (Phi) is 5.37. The predicted octanol–water partition coefficient (Wildman–Crippen LogP) is 1.26. The van der Waals surface area contributed by atoms with Gasteiger partial charge in [-0.3, -0.25) is 9.69 Å². The lowest BCUT2D eigenvalue weighted by Crippen LogP contribution is -2.49. The minimum atomic E-state index is 0.0482. The van der Waals surface area contributed by atoms with Crippen molar-refractivity contribution in [2.75, 3.05) is 53.6 Å². The van der Waals surface area contributed by atoms with E-state index in [0.29, 0.717) is 17.6 Å². The van der Waals surface area contributed by atoms with Gasteiger partial charge in [-0.15, -0.1) is 0 Å². The van der Waals surface area contributed by atoms with Crippen LogP contribution in [0.25, 0.3) is 6.08 Å². The summed E-state index contributed by atoms with van der Waals surface area (Å²) in [6, 6.07) is 5.59. The molecule has 2 aliphatic rings. The van der Waals surface area contributed by atoms with Crippen molar-refractivity contribution >= 4 is 12.0 Å². The van der Waals surface area contributed by atoms with E-state index in [1.165, 1.54) is 0 Å². The molecule has 6 heteroatoms. The lowest BCUT2D eigenvalue weighted by Gasteiger charge is -2.33. The molecule has 0 radical (unpaired) electrons. The lowest BCUT2D eigenvalue weighted by atomic mass is 10.2. The molecule has 2 aliphatic heterocycles. The average Bonchev–Trinajstić information content (AvgIpc) is 3.44. The summed E-state index contributed by atoms with van der Waals surface area (Å²) >= 11 is 0. The van der Waals surface area contributed by atoms with Gasteiger partial charge in [0.1, 0.15) is 0 Å². The van der Waals surface area contributed by atoms with Crippen LogP contribution in [0, 0.1) is 0 Å². The standard InChI is InChI=1S/C18H24N2O4/c1-22-16-5-3-14(11-17(16)23-2)4-6-18(21)20-9-7-19(8-10-20)12-15-13-24-15/h3-6,11,15H,7-10,12-13H2,1-2H3. The normalized spacial score (nSPS) is 21.1. The van der Waals surface area contributed by atoms with Crippen LogP contribution in [0.2, 0.25) is 0 Å². The van der Waals surface area contributed by atoms with Crippen LogP contribution in [-0.2, 0) is 9.53 Å². The molecule has 0 N–H and O–H groups in total. The maximum absolute atomic E-state index is 12.3. The molecular formula is C18H24N2O4. The van der Waals surface area contributed by atoms with Gasteiger partial charge in [-0.05, 0) is 23.8 Å². The topological polar surface area (TPSA) is 54.5 Å². The third-order valence-corrected chi connectivity index (χ3v) is 4.37. The molecular weight excluding hydrogens is 308 g/mol. The zero-order chi connectivity index (χ0) is 16.9. The highest BCUT2D eigenvalue weighted by molar-refractivity contribution is 5.92. The van der Waals surface area contributed by atoms with Gasteiger partial charge in [0.15, 0.2) is 11.5 Å². The third-order valence-electron chi connectivity index (χ3n) is 4.37. The summed E-state index contributed by atoms with van der Waals surface area (Å²) < 4.78 is 15.8. The van der Waals surface area contributed by atoms with Gasteiger partial charge in [-0.25, -0.2) is 0 Å². The molecule has 0 aromatic heterocycles. The molecule has 3 rings (SSSR count). The van der Waals surface area contributed by atoms with E-state index in [4.69, 9.17) is 14.2 Å². The summed E-state index contributed by atoms with van der Waals surface area (Å²) in [6.45, 7) is 5.23. The minimum Gasteiger partial charge on any atom is -0.493 e. The second-order valence-corrected chi connectivity index (χ2v) is 6.03. The third kappa shape index (κ3) is 4.27. The number of methoxy groups -OCH3 is 2. The quantitative estimate of drug-likeness (QED) is 0.580. The highest BCUT2D eigenvalue weighted by Crippen LogP contribution is 2.28. The molecule has 2 fully saturated rings. The number of ether oxygens (including phenoxy) is 3. The number of rotatable bonds is 6. The second-order valence-electron chi connectivity index (χ2n) is 6.03. The van der Waals surface area contributed by atoms with Gasteiger partial charge < -0.3 is 19.1 Å². The Labute approximate surface area is 142 Å². The maximum atomic E-state index is 12.3. The van der Waals surface area contributed by atoms with Gasteiger partial charge in [-0.1, -0.05) is 6.07 Å². The molecule has 0 aliphatic carbocycles. The van der Waals surface area contributed by atoms with E-state index in [0.717, 1.165) is 44.9 Å². The molecule has 2 saturated heterocycles. The van der Waals surface area contributed by atoms with E-state index in [9.17, 15) is 4.79 Å². The fourth-order valence-corrected chi connectivity index (χ4v) is 2.84. The monoisotopic (exact) mass is 332 g/mol. The zero-order valence-electron chi connectivity index (χ0n) is 14.2. The van der Waals surface area contributed by atoms with Crippen LogP contribution in [0.1, 0.15) is 5.56 Å². The van der Waals surface area contributed by atoms with Crippen molar-refractivity contribution in [3.63, 3.8) is 0 Å². The minimum absolute atomic E-state index is 0.0482. The highest BCUT2D eigenvalue weighted by atomic mass is 16.6. The van der Waals surface area contributed by atoms with E-state index >= 15 is 0 Å². The summed E-state index contributed by atoms with van der Waals surface area (Å²) in [6.07, 6.45) is 3.85. The molecule has 6 nitrogen and oxygen atoms in total. The summed E-state index contributed by atoms with van der Waals surface area (Å²) in [7, 11) is 3.20. The van der Waals surface area contributed by atoms with Crippen molar-refractivity contribution in [2.45, 2.75) is 6.10 Å². The van der Waals surface area contributed by atoms with Gasteiger partial charge >= 0.3 is 0 Å². The first kappa shape index (κ1) is 16.8. The van der Waals surface area contributed by atoms with Crippen molar-refractivity contribution in [3.8, 4) is 11.5 Å². The van der Waals surface area contributed by atoms with Gasteiger partial charge in [0, 0.05) is 38.8 Å². The summed E-state index contributed by atoms with van der Waals surface area (Å²) in [5.74, 6) is 1.38. The first-order valence-electron chi connectivity index (χ1n) is 8.22. The lowest BCUT2D eigenvalue weighted by molar-refractivity contribution is -0.127. The molecule has 1 aromatic rings. The Morgan fingerprint density at radius 2 is 1.92 bits per heavy atom. The number of nitrogens with zero attached hydrogens (tertiary/aromatic N) is 2. The van der Waals surface area contributed by atoms with Crippen LogP contribution < -0.4 is 9.47 Å². The number of epoxide rings is 1. The van der Waals surface area contributed by atoms with Crippen molar-refractivity contribution in [1.82, 2.24) is 9.80 Å². The number of hydrogen-bond acceptors (Lipinski definition) is 5. The number of carbonyl (C=O) groups is 1. The molecule has 2 heterocycles. The predicted molar refractivity (Wildman–Crippen MR) is 91.3 cm³/mol. The maximum Gasteiger partial charge on any atom is 0.246 e. The van der Waals surface area contributed by atoms with Gasteiger partial charge in [-0.2, -0.15) is 0 Å². The molecule has 130 valence electrons. The first-order valence-corrected chi connectivity index (χ1v) is 8.22. The number of carbonyl (C=O) groups excluding carboxylic acids is 1. The van der Waals surface area contributed by atoms with E-state index in [2.05, 4.69) is 4.90 Å². The Balaban J connectivity index is 1.53. The number of benzene rings is 1. The summed E-state index contributed by atoms with van der Waals surface area (Å²) in [4.78, 5) is 16.6. The summed E-state index contributed by atoms with van der Waals surface area (Å²) in [5, 5.41) is 0. The first-order chi connectivity index (χ1) is 11.7. The molecule has 0 saturated carbocycles. The van der Waals surface area contributed by atoms with Gasteiger partial charge in [0.2, 0.25) is 5.91 Å². The highest BCUT2D eigenvalue weighted by Gasteiger charge is 2.28. The summed E-state index contributed by atoms with van der Waals surface area (Å²) in [5.41, 5.74) is 0.908. The van der Waals surface area contributed by atoms with Gasteiger partial charge in [0.25, 0.3) is 0 Å². The van der Waals surface area contributed by atoms with E-state index in [1.807, 2.05) is 29.2 Å². The Hall–Kier alpha value is -2.05. The van der Waals surface area contributed by atoms with Crippen molar-refractivity contribution < 1.29 is 19.0 Å². The van der Waals surface area contributed by atoms with Crippen molar-refractivity contribution in [2.24, 2.45) is 0 Å². The van der Waals surface area contributed by atoms with Crippen LogP contribution in [0.5, 0.6) is 11.5 Å². The van der Waals surface area contributed by atoms with Crippen LogP contribution >= 0.6 is 0 Å². The van der Waals surface area contributed by atoms with E-state index in [-0.39, 0.29) is 5.91 Å². The molecule has 1 atom stereocenters. The molecule has 24 heavy (non-hydrogen) atoms. The second kappa shape index (κ2) is 7.68. The van der Waals surface area contributed by atoms with Crippen LogP contribution in [0.15, 0.2) is 24.3 Å². The number of amides is 1. The van der Waals surface area contributed by atoms with Crippen molar-refractivity contribution in [3.05, 3.63) is 29.8 Å². The fourth-order valence-electron chi connectivity index (χ4n) is 2.84. The molecule has 0 spiro atoms. The van der Waals surface area contributed by atoms with E-state index in [1.54, 1.807) is 20.3 Å². The smallest absolute Gasteiger partial charge is 0.246 e. The number of piperazine rings is 1. The Morgan fingerprint density at radius 1 is 1.21 bits per heavy atom. The van der Waals surface area contributed by atoms with Crippen LogP contribution in [0.3, 0.4) is 0 Å². The Bertz CT molecular complexity index is 605. The fraction of sp³-hybridized carbons (Fsp3) is 0.500. The average molecular weight is 332 g/mol. The van der Waals surface area contributed by atoms with Crippen molar-refractivity contribution in [1.29, 1.82) is 0 Å². The van der Waals surface area contributed by atoms with Crippen LogP contribution in [-0.4, -0.2) is 75.4 Å². The van der Waals surface area contributed by atoms with E-state index < -0.39 is 0 Å². The van der Waals surface area contributed by atoms with Crippen LogP contribution in [0.4, 0.5) is 0 Å². The number of hydrogen-bond donors (Lipinski definition) is 0. The zero-order valence-corrected chi connectivity index (χ0v) is 14.2. The molecule has 1 amide bonds. The molecule has 1 unspecified atom stereocenters. The Morgan fingerprint density at radius 3 is 2.54 bits per heavy atom. The largest absolute Gasteiger partial charge is 0.493 e. The molecule has 1 aromatic carbocycles. The molecule has 0 bridgehead atoms. The SMILES string of the molecule is COc1ccc(C=CC(=O)N2CCN(CC3CO3)CC2)cc1OC.